The van der Waals surface area contributed by atoms with Crippen molar-refractivity contribution in [1.29, 1.82) is 0 Å². The molecular formula is C11H17NO2S. The highest BCUT2D eigenvalue weighted by atomic mass is 32.2. The lowest BCUT2D eigenvalue weighted by molar-refractivity contribution is 0.407. The van der Waals surface area contributed by atoms with E-state index in [1.165, 1.54) is 0 Å². The third-order valence-electron chi connectivity index (χ3n) is 2.37. The summed E-state index contributed by atoms with van der Waals surface area (Å²) in [4.78, 5) is 4.30. The molecule has 0 N–H and O–H groups in total. The molecule has 0 aliphatic carbocycles. The lowest BCUT2D eigenvalue weighted by atomic mass is 10.1. The molecule has 0 aromatic carbocycles. The maximum absolute atomic E-state index is 11.4. The number of ether oxygens (including phenoxy) is 1. The first kappa shape index (κ1) is 12.2. The molecule has 0 aliphatic heterocycles. The molecule has 0 radical (unpaired) electrons. The largest absolute Gasteiger partial charge is 0.496 e. The van der Waals surface area contributed by atoms with Crippen LogP contribution >= 0.6 is 0 Å². The molecule has 84 valence electrons. The zero-order valence-electron chi connectivity index (χ0n) is 9.66. The Kier molecular flexibility index (Phi) is 4.27. The Morgan fingerprint density at radius 2 is 2.13 bits per heavy atom. The predicted molar refractivity (Wildman–Crippen MR) is 62.7 cm³/mol. The molecule has 15 heavy (non-hydrogen) atoms. The van der Waals surface area contributed by atoms with Crippen LogP contribution in [0.25, 0.3) is 0 Å². The van der Waals surface area contributed by atoms with E-state index in [0.717, 1.165) is 22.6 Å². The first-order valence-corrected chi connectivity index (χ1v) is 6.43. The van der Waals surface area contributed by atoms with Gasteiger partial charge in [-0.25, -0.2) is 0 Å². The number of rotatable bonds is 4. The van der Waals surface area contributed by atoms with E-state index in [0.29, 0.717) is 11.5 Å². The molecule has 0 aliphatic rings. The van der Waals surface area contributed by atoms with Crippen molar-refractivity contribution in [3.63, 3.8) is 0 Å². The van der Waals surface area contributed by atoms with Gasteiger partial charge in [-0.3, -0.25) is 9.19 Å². The summed E-state index contributed by atoms with van der Waals surface area (Å²) in [5, 5.41) is 0. The Hall–Kier alpha value is -0.900. The number of pyridine rings is 1. The van der Waals surface area contributed by atoms with E-state index in [2.05, 4.69) is 4.98 Å². The number of aromatic nitrogens is 1. The number of nitrogens with zero attached hydrogens (tertiary/aromatic N) is 1. The molecule has 0 unspecified atom stereocenters. The molecule has 1 aromatic heterocycles. The average Bonchev–Trinajstić information content (AvgIpc) is 2.23. The van der Waals surface area contributed by atoms with Crippen LogP contribution in [0.5, 0.6) is 5.75 Å². The van der Waals surface area contributed by atoms with Crippen LogP contribution < -0.4 is 4.74 Å². The van der Waals surface area contributed by atoms with E-state index in [1.54, 1.807) is 13.3 Å². The molecule has 0 saturated heterocycles. The fourth-order valence-electron chi connectivity index (χ4n) is 1.47. The summed E-state index contributed by atoms with van der Waals surface area (Å²) in [5.41, 5.74) is 2.89. The maximum atomic E-state index is 11.4. The third-order valence-corrected chi connectivity index (χ3v) is 3.61. The highest BCUT2D eigenvalue weighted by Gasteiger charge is 2.10. The van der Waals surface area contributed by atoms with Crippen molar-refractivity contribution in [2.75, 3.05) is 12.9 Å². The molecule has 0 bridgehead atoms. The molecule has 3 nitrogen and oxygen atoms in total. The fourth-order valence-corrected chi connectivity index (χ4v) is 2.27. The monoisotopic (exact) mass is 227 g/mol. The molecule has 1 rings (SSSR count). The Morgan fingerprint density at radius 1 is 1.47 bits per heavy atom. The third kappa shape index (κ3) is 2.78. The first-order chi connectivity index (χ1) is 7.10. The second-order valence-corrected chi connectivity index (χ2v) is 5.16. The Labute approximate surface area is 93.3 Å². The van der Waals surface area contributed by atoms with Crippen LogP contribution in [0.4, 0.5) is 0 Å². The van der Waals surface area contributed by atoms with Crippen LogP contribution in [0.15, 0.2) is 6.20 Å². The van der Waals surface area contributed by atoms with Crippen molar-refractivity contribution in [1.82, 2.24) is 4.98 Å². The van der Waals surface area contributed by atoms with Crippen LogP contribution in [0.1, 0.15) is 23.7 Å². The van der Waals surface area contributed by atoms with Gasteiger partial charge in [-0.2, -0.15) is 0 Å². The number of hydrogen-bond donors (Lipinski definition) is 0. The minimum atomic E-state index is -0.823. The molecule has 1 heterocycles. The molecule has 0 amide bonds. The van der Waals surface area contributed by atoms with Crippen LogP contribution in [-0.4, -0.2) is 22.1 Å². The molecular weight excluding hydrogens is 210 g/mol. The van der Waals surface area contributed by atoms with Gasteiger partial charge in [-0.05, 0) is 13.8 Å². The second-order valence-electron chi connectivity index (χ2n) is 3.42. The summed E-state index contributed by atoms with van der Waals surface area (Å²) in [6, 6.07) is 0. The Morgan fingerprint density at radius 3 is 2.67 bits per heavy atom. The minimum absolute atomic E-state index is 0.513. The zero-order valence-corrected chi connectivity index (χ0v) is 10.5. The molecule has 4 heteroatoms. The van der Waals surface area contributed by atoms with Crippen molar-refractivity contribution in [2.24, 2.45) is 0 Å². The van der Waals surface area contributed by atoms with E-state index < -0.39 is 10.8 Å². The first-order valence-electron chi connectivity index (χ1n) is 4.94. The van der Waals surface area contributed by atoms with Crippen LogP contribution in [-0.2, 0) is 16.6 Å². The van der Waals surface area contributed by atoms with E-state index in [1.807, 2.05) is 20.8 Å². The van der Waals surface area contributed by atoms with Crippen molar-refractivity contribution >= 4 is 10.8 Å². The smallest absolute Gasteiger partial charge is 0.128 e. The summed E-state index contributed by atoms with van der Waals surface area (Å²) in [6.07, 6.45) is 1.77. The molecule has 0 spiro atoms. The summed E-state index contributed by atoms with van der Waals surface area (Å²) < 4.78 is 16.7. The summed E-state index contributed by atoms with van der Waals surface area (Å²) in [5.74, 6) is 2.03. The zero-order chi connectivity index (χ0) is 11.4. The Bertz CT molecular complexity index is 377. The van der Waals surface area contributed by atoms with Gasteiger partial charge in [-0.15, -0.1) is 0 Å². The normalized spacial score (nSPS) is 12.5. The quantitative estimate of drug-likeness (QED) is 0.789. The minimum Gasteiger partial charge on any atom is -0.496 e. The van der Waals surface area contributed by atoms with Crippen molar-refractivity contribution in [3.8, 4) is 5.75 Å². The van der Waals surface area contributed by atoms with Gasteiger partial charge in [-0.1, -0.05) is 6.92 Å². The van der Waals surface area contributed by atoms with Crippen molar-refractivity contribution < 1.29 is 8.95 Å². The summed E-state index contributed by atoms with van der Waals surface area (Å²) in [6.45, 7) is 5.83. The van der Waals surface area contributed by atoms with E-state index in [-0.39, 0.29) is 0 Å². The van der Waals surface area contributed by atoms with Crippen LogP contribution in [0.3, 0.4) is 0 Å². The fraction of sp³-hybridized carbons (Fsp3) is 0.545. The molecule has 1 atom stereocenters. The van der Waals surface area contributed by atoms with Crippen molar-refractivity contribution in [2.45, 2.75) is 26.5 Å². The maximum Gasteiger partial charge on any atom is 0.128 e. The predicted octanol–water partition coefficient (Wildman–Crippen LogP) is 1.98. The molecule has 0 saturated carbocycles. The second kappa shape index (κ2) is 5.26. The SMILES string of the molecule is CC[S@](=O)Cc1ncc(C)c(OC)c1C. The van der Waals surface area contributed by atoms with Gasteiger partial charge in [0.25, 0.3) is 0 Å². The highest BCUT2D eigenvalue weighted by Crippen LogP contribution is 2.24. The Balaban J connectivity index is 3.05. The number of hydrogen-bond acceptors (Lipinski definition) is 3. The van der Waals surface area contributed by atoms with Gasteiger partial charge in [0.15, 0.2) is 0 Å². The van der Waals surface area contributed by atoms with Gasteiger partial charge in [0.2, 0.25) is 0 Å². The topological polar surface area (TPSA) is 39.2 Å². The average molecular weight is 227 g/mol. The lowest BCUT2D eigenvalue weighted by Gasteiger charge is -2.11. The van der Waals surface area contributed by atoms with Gasteiger partial charge in [0, 0.05) is 33.9 Å². The highest BCUT2D eigenvalue weighted by molar-refractivity contribution is 7.84. The number of methoxy groups -OCH3 is 1. The van der Waals surface area contributed by atoms with Gasteiger partial charge < -0.3 is 4.74 Å². The summed E-state index contributed by atoms with van der Waals surface area (Å²) >= 11 is 0. The molecule has 1 aromatic rings. The standard InChI is InChI=1S/C11H17NO2S/c1-5-15(13)7-10-9(3)11(14-4)8(2)6-12-10/h6H,5,7H2,1-4H3/t15-/m0/s1. The van der Waals surface area contributed by atoms with E-state index in [4.69, 9.17) is 4.74 Å². The summed E-state index contributed by atoms with van der Waals surface area (Å²) in [7, 11) is 0.826. The van der Waals surface area contributed by atoms with E-state index >= 15 is 0 Å². The number of aryl methyl sites for hydroxylation is 1. The lowest BCUT2D eigenvalue weighted by Crippen LogP contribution is -2.04. The van der Waals surface area contributed by atoms with Gasteiger partial charge >= 0.3 is 0 Å². The van der Waals surface area contributed by atoms with E-state index in [9.17, 15) is 4.21 Å². The van der Waals surface area contributed by atoms with Crippen LogP contribution in [0.2, 0.25) is 0 Å². The van der Waals surface area contributed by atoms with Crippen molar-refractivity contribution in [3.05, 3.63) is 23.0 Å². The van der Waals surface area contributed by atoms with Crippen LogP contribution in [0, 0.1) is 13.8 Å². The van der Waals surface area contributed by atoms with Gasteiger partial charge in [0.1, 0.15) is 5.75 Å². The van der Waals surface area contributed by atoms with Gasteiger partial charge in [0.05, 0.1) is 18.6 Å². The molecule has 0 fully saturated rings.